The van der Waals surface area contributed by atoms with E-state index in [-0.39, 0.29) is 5.82 Å². The number of rotatable bonds is 3. The maximum absolute atomic E-state index is 13.8. The Kier molecular flexibility index (Phi) is 3.79. The van der Waals surface area contributed by atoms with Crippen molar-refractivity contribution in [1.29, 1.82) is 0 Å². The number of H-pyrrole nitrogens is 2. The van der Waals surface area contributed by atoms with Crippen molar-refractivity contribution in [2.24, 2.45) is 0 Å². The number of nitrogens with one attached hydrogen (secondary N) is 2. The number of aromatic amines is 2. The van der Waals surface area contributed by atoms with E-state index in [9.17, 15) is 4.39 Å². The van der Waals surface area contributed by atoms with Crippen LogP contribution < -0.4 is 0 Å². The fourth-order valence-electron chi connectivity index (χ4n) is 3.57. The Hall–Kier alpha value is -4.53. The van der Waals surface area contributed by atoms with E-state index in [4.69, 9.17) is 9.97 Å². The van der Waals surface area contributed by atoms with Crippen LogP contribution in [0.5, 0.6) is 0 Å². The number of pyridine rings is 2. The normalized spacial score (nSPS) is 11.4. The van der Waals surface area contributed by atoms with E-state index < -0.39 is 0 Å². The molecule has 0 aliphatic heterocycles. The minimum absolute atomic E-state index is 0.315. The third kappa shape index (κ3) is 2.91. The van der Waals surface area contributed by atoms with Gasteiger partial charge in [-0.15, -0.1) is 0 Å². The van der Waals surface area contributed by atoms with Gasteiger partial charge in [-0.2, -0.15) is 5.10 Å². The van der Waals surface area contributed by atoms with Gasteiger partial charge in [0.1, 0.15) is 17.7 Å². The fraction of sp³-hybridized carbons (Fsp3) is 0. The van der Waals surface area contributed by atoms with E-state index in [0.29, 0.717) is 28.1 Å². The van der Waals surface area contributed by atoms with Crippen LogP contribution in [0.1, 0.15) is 0 Å². The smallest absolute Gasteiger partial charge is 0.161 e. The van der Waals surface area contributed by atoms with Crippen molar-refractivity contribution in [3.05, 3.63) is 73.3 Å². The number of hydrogen-bond acceptors (Lipinski definition) is 6. The molecule has 0 bridgehead atoms. The van der Waals surface area contributed by atoms with E-state index in [1.807, 2.05) is 18.2 Å². The summed E-state index contributed by atoms with van der Waals surface area (Å²) < 4.78 is 13.8. The van der Waals surface area contributed by atoms with Crippen LogP contribution in [-0.2, 0) is 0 Å². The van der Waals surface area contributed by atoms with Gasteiger partial charge in [-0.25, -0.2) is 24.3 Å². The number of nitrogens with zero attached hydrogens (tertiary/aromatic N) is 6. The second-order valence-electron chi connectivity index (χ2n) is 6.97. The molecule has 1 aromatic carbocycles. The van der Waals surface area contributed by atoms with Gasteiger partial charge < -0.3 is 4.98 Å². The number of fused-ring (bicyclic) bond motifs is 2. The van der Waals surface area contributed by atoms with Crippen LogP contribution in [0.2, 0.25) is 0 Å². The van der Waals surface area contributed by atoms with E-state index in [0.717, 1.165) is 27.9 Å². The SMILES string of the molecule is Fc1cccc(-c2cncc3[nH]c(-c4n[nH]c5ccc(-c6cncnc6)nc45)nc23)c1. The van der Waals surface area contributed by atoms with Gasteiger partial charge in [-0.05, 0) is 29.8 Å². The first kappa shape index (κ1) is 17.3. The Morgan fingerprint density at radius 1 is 0.774 bits per heavy atom. The molecule has 0 amide bonds. The van der Waals surface area contributed by atoms with Crippen molar-refractivity contribution in [2.75, 3.05) is 0 Å². The lowest BCUT2D eigenvalue weighted by Gasteiger charge is -2.01. The van der Waals surface area contributed by atoms with Gasteiger partial charge in [0, 0.05) is 29.7 Å². The Morgan fingerprint density at radius 3 is 2.55 bits per heavy atom. The van der Waals surface area contributed by atoms with E-state index in [1.165, 1.54) is 18.5 Å². The lowest BCUT2D eigenvalue weighted by molar-refractivity contribution is 0.628. The second kappa shape index (κ2) is 6.77. The molecule has 6 rings (SSSR count). The van der Waals surface area contributed by atoms with Crippen LogP contribution >= 0.6 is 0 Å². The quantitative estimate of drug-likeness (QED) is 0.455. The highest BCUT2D eigenvalue weighted by Gasteiger charge is 2.17. The zero-order valence-electron chi connectivity index (χ0n) is 15.9. The lowest BCUT2D eigenvalue weighted by Crippen LogP contribution is -1.88. The third-order valence-corrected chi connectivity index (χ3v) is 5.02. The van der Waals surface area contributed by atoms with Crippen LogP contribution in [0.4, 0.5) is 4.39 Å². The zero-order valence-corrected chi connectivity index (χ0v) is 15.9. The number of imidazole rings is 1. The number of aromatic nitrogens is 8. The average Bonchev–Trinajstić information content (AvgIpc) is 3.43. The summed E-state index contributed by atoms with van der Waals surface area (Å²) in [6, 6.07) is 10.1. The van der Waals surface area contributed by atoms with Crippen LogP contribution in [0.15, 0.2) is 67.5 Å². The molecule has 6 aromatic rings. The minimum atomic E-state index is -0.315. The number of benzene rings is 1. The maximum atomic E-state index is 13.8. The predicted octanol–water partition coefficient (Wildman–Crippen LogP) is 4.16. The largest absolute Gasteiger partial charge is 0.335 e. The summed E-state index contributed by atoms with van der Waals surface area (Å²) in [6.07, 6.45) is 8.25. The molecule has 9 heteroatoms. The summed E-state index contributed by atoms with van der Waals surface area (Å²) in [6.45, 7) is 0. The Labute approximate surface area is 174 Å². The molecule has 0 saturated carbocycles. The molecule has 5 aromatic heterocycles. The summed E-state index contributed by atoms with van der Waals surface area (Å²) in [5.41, 5.74) is 6.39. The summed E-state index contributed by atoms with van der Waals surface area (Å²) >= 11 is 0. The van der Waals surface area contributed by atoms with Gasteiger partial charge >= 0.3 is 0 Å². The molecule has 0 fully saturated rings. The molecule has 0 atom stereocenters. The summed E-state index contributed by atoms with van der Waals surface area (Å²) in [7, 11) is 0. The molecule has 31 heavy (non-hydrogen) atoms. The molecule has 0 radical (unpaired) electrons. The first-order valence-corrected chi connectivity index (χ1v) is 9.47. The first-order valence-electron chi connectivity index (χ1n) is 9.47. The minimum Gasteiger partial charge on any atom is -0.335 e. The number of halogens is 1. The van der Waals surface area contributed by atoms with Crippen molar-refractivity contribution >= 4 is 22.1 Å². The maximum Gasteiger partial charge on any atom is 0.161 e. The highest BCUT2D eigenvalue weighted by Crippen LogP contribution is 2.31. The predicted molar refractivity (Wildman–Crippen MR) is 113 cm³/mol. The van der Waals surface area contributed by atoms with Crippen molar-refractivity contribution in [2.45, 2.75) is 0 Å². The van der Waals surface area contributed by atoms with Gasteiger partial charge in [0.05, 0.1) is 28.4 Å². The van der Waals surface area contributed by atoms with Gasteiger partial charge in [0.25, 0.3) is 0 Å². The highest BCUT2D eigenvalue weighted by atomic mass is 19.1. The molecule has 148 valence electrons. The Balaban J connectivity index is 1.52. The van der Waals surface area contributed by atoms with E-state index in [1.54, 1.807) is 30.9 Å². The molecule has 5 heterocycles. The highest BCUT2D eigenvalue weighted by molar-refractivity contribution is 5.95. The number of hydrogen-bond donors (Lipinski definition) is 2. The van der Waals surface area contributed by atoms with Gasteiger partial charge in [-0.3, -0.25) is 10.1 Å². The molecule has 0 aliphatic carbocycles. The van der Waals surface area contributed by atoms with Gasteiger partial charge in [0.15, 0.2) is 11.5 Å². The van der Waals surface area contributed by atoms with Crippen molar-refractivity contribution in [3.63, 3.8) is 0 Å². The van der Waals surface area contributed by atoms with Crippen LogP contribution in [-0.4, -0.2) is 40.1 Å². The molecule has 0 saturated heterocycles. The molecule has 2 N–H and O–H groups in total. The van der Waals surface area contributed by atoms with E-state index in [2.05, 4.69) is 30.1 Å². The van der Waals surface area contributed by atoms with Crippen molar-refractivity contribution in [3.8, 4) is 33.9 Å². The Morgan fingerprint density at radius 2 is 1.68 bits per heavy atom. The fourth-order valence-corrected chi connectivity index (χ4v) is 3.57. The zero-order chi connectivity index (χ0) is 20.8. The van der Waals surface area contributed by atoms with Crippen LogP contribution in [0.3, 0.4) is 0 Å². The van der Waals surface area contributed by atoms with Gasteiger partial charge in [-0.1, -0.05) is 12.1 Å². The van der Waals surface area contributed by atoms with Crippen LogP contribution in [0.25, 0.3) is 56.0 Å². The summed E-state index contributed by atoms with van der Waals surface area (Å²) in [5, 5.41) is 7.41. The third-order valence-electron chi connectivity index (χ3n) is 5.02. The topological polar surface area (TPSA) is 109 Å². The standard InChI is InChI=1S/C22H13FN8/c23-14-3-1-2-12(6-14)15-9-24-10-18-19(15)29-22(28-18)21-20-17(30-31-21)5-4-16(27-20)13-7-25-11-26-8-13/h1-11H,(H,28,29)(H,30,31). The molecule has 8 nitrogen and oxygen atoms in total. The molecule has 0 spiro atoms. The van der Waals surface area contributed by atoms with E-state index >= 15 is 0 Å². The van der Waals surface area contributed by atoms with Crippen molar-refractivity contribution < 1.29 is 4.39 Å². The summed E-state index contributed by atoms with van der Waals surface area (Å²) in [4.78, 5) is 25.1. The first-order chi connectivity index (χ1) is 15.3. The lowest BCUT2D eigenvalue weighted by atomic mass is 10.1. The summed E-state index contributed by atoms with van der Waals surface area (Å²) in [5.74, 6) is 0.228. The average molecular weight is 408 g/mol. The van der Waals surface area contributed by atoms with Crippen molar-refractivity contribution in [1.82, 2.24) is 40.1 Å². The molecular formula is C22H13FN8. The molecule has 0 unspecified atom stereocenters. The van der Waals surface area contributed by atoms with Crippen LogP contribution in [0, 0.1) is 5.82 Å². The molecule has 0 aliphatic rings. The second-order valence-corrected chi connectivity index (χ2v) is 6.97. The molecular weight excluding hydrogens is 395 g/mol. The monoisotopic (exact) mass is 408 g/mol. The van der Waals surface area contributed by atoms with Gasteiger partial charge in [0.2, 0.25) is 0 Å². The Bertz CT molecular complexity index is 1550.